The molecule has 1 aliphatic rings. The van der Waals surface area contributed by atoms with E-state index in [1.165, 1.54) is 0 Å². The van der Waals surface area contributed by atoms with E-state index < -0.39 is 0 Å². The number of aryl methyl sites for hydroxylation is 1. The molecule has 0 spiro atoms. The molecule has 8 nitrogen and oxygen atoms in total. The van der Waals surface area contributed by atoms with Gasteiger partial charge in [-0.05, 0) is 70.1 Å². The lowest BCUT2D eigenvalue weighted by Crippen LogP contribution is -2.24. The number of benzene rings is 1. The molecule has 1 aliphatic carbocycles. The molecular formula is C25H31N7O. The highest BCUT2D eigenvalue weighted by molar-refractivity contribution is 5.68. The zero-order valence-electron chi connectivity index (χ0n) is 19.9. The first-order chi connectivity index (χ1) is 15.7. The molecule has 2 N–H and O–H groups in total. The second-order valence-corrected chi connectivity index (χ2v) is 9.50. The van der Waals surface area contributed by atoms with Crippen molar-refractivity contribution in [3.8, 4) is 17.3 Å². The van der Waals surface area contributed by atoms with E-state index in [1.54, 1.807) is 6.20 Å². The number of aliphatic hydroxyl groups excluding tert-OH is 1. The van der Waals surface area contributed by atoms with Crippen LogP contribution < -0.4 is 5.32 Å². The molecule has 172 valence electrons. The number of hydrogen-bond acceptors (Lipinski definition) is 7. The van der Waals surface area contributed by atoms with Gasteiger partial charge in [0.05, 0.1) is 35.7 Å². The number of anilines is 2. The van der Waals surface area contributed by atoms with Gasteiger partial charge < -0.3 is 15.3 Å². The monoisotopic (exact) mass is 445 g/mol. The van der Waals surface area contributed by atoms with E-state index in [0.29, 0.717) is 11.5 Å². The standard InChI is InChI=1S/C25H31N7O/c1-16-10-23(32(30-16)17(2)14-31(4)5)29-24-27-9-7-22(28-24)18-11-19(13-26)20-6-8-25(3,15-33)21(20)12-18/h7,9-12,17,33H,6,8,14-15H2,1-5H3,(H,27,28,29). The number of nitriles is 1. The Morgan fingerprint density at radius 3 is 2.82 bits per heavy atom. The summed E-state index contributed by atoms with van der Waals surface area (Å²) in [7, 11) is 4.08. The Kier molecular flexibility index (Phi) is 6.19. The molecule has 0 saturated carbocycles. The SMILES string of the molecule is Cc1cc(Nc2nccc(-c3cc(C#N)c4c(c3)C(C)(CO)CC4)n2)n(C(C)CN(C)C)n1. The zero-order chi connectivity index (χ0) is 23.8. The smallest absolute Gasteiger partial charge is 0.228 e. The number of rotatable bonds is 7. The van der Waals surface area contributed by atoms with Crippen LogP contribution in [0.3, 0.4) is 0 Å². The summed E-state index contributed by atoms with van der Waals surface area (Å²) in [5, 5.41) is 27.7. The molecule has 8 heteroatoms. The number of fused-ring (bicyclic) bond motifs is 1. The molecule has 0 fully saturated rings. The molecule has 0 saturated heterocycles. The van der Waals surface area contributed by atoms with Crippen molar-refractivity contribution in [1.82, 2.24) is 24.6 Å². The van der Waals surface area contributed by atoms with Crippen molar-refractivity contribution in [3.05, 3.63) is 52.8 Å². The Morgan fingerprint density at radius 1 is 1.33 bits per heavy atom. The van der Waals surface area contributed by atoms with Crippen LogP contribution in [0.4, 0.5) is 11.8 Å². The van der Waals surface area contributed by atoms with Gasteiger partial charge in [0.1, 0.15) is 5.82 Å². The van der Waals surface area contributed by atoms with E-state index in [-0.39, 0.29) is 18.1 Å². The Labute approximate surface area is 194 Å². The van der Waals surface area contributed by atoms with E-state index in [0.717, 1.165) is 53.3 Å². The normalized spacial score (nSPS) is 18.2. The molecule has 2 unspecified atom stereocenters. The Bertz CT molecular complexity index is 1210. The number of hydrogen-bond donors (Lipinski definition) is 2. The largest absolute Gasteiger partial charge is 0.395 e. The minimum atomic E-state index is -0.336. The lowest BCUT2D eigenvalue weighted by atomic mass is 9.83. The van der Waals surface area contributed by atoms with Gasteiger partial charge in [0.15, 0.2) is 0 Å². The summed E-state index contributed by atoms with van der Waals surface area (Å²) in [6, 6.07) is 10.3. The molecule has 0 bridgehead atoms. The predicted molar refractivity (Wildman–Crippen MR) is 128 cm³/mol. The van der Waals surface area contributed by atoms with Gasteiger partial charge in [-0.1, -0.05) is 6.92 Å². The first kappa shape index (κ1) is 22.9. The minimum Gasteiger partial charge on any atom is -0.395 e. The van der Waals surface area contributed by atoms with Crippen molar-refractivity contribution in [2.45, 2.75) is 45.1 Å². The van der Waals surface area contributed by atoms with Crippen molar-refractivity contribution in [3.63, 3.8) is 0 Å². The van der Waals surface area contributed by atoms with Crippen LogP contribution in [0, 0.1) is 18.3 Å². The molecule has 1 aromatic carbocycles. The number of aliphatic hydroxyl groups is 1. The van der Waals surface area contributed by atoms with Gasteiger partial charge in [-0.3, -0.25) is 0 Å². The third kappa shape index (κ3) is 4.47. The molecule has 0 aliphatic heterocycles. The van der Waals surface area contributed by atoms with Gasteiger partial charge in [-0.25, -0.2) is 14.6 Å². The molecule has 2 heterocycles. The fraction of sp³-hybridized carbons (Fsp3) is 0.440. The summed E-state index contributed by atoms with van der Waals surface area (Å²) >= 11 is 0. The van der Waals surface area contributed by atoms with Gasteiger partial charge in [0, 0.05) is 29.8 Å². The van der Waals surface area contributed by atoms with E-state index in [9.17, 15) is 10.4 Å². The van der Waals surface area contributed by atoms with Crippen LogP contribution in [0.25, 0.3) is 11.3 Å². The van der Waals surface area contributed by atoms with Gasteiger partial charge in [-0.2, -0.15) is 10.4 Å². The molecule has 0 radical (unpaired) electrons. The number of nitrogens with one attached hydrogen (secondary N) is 1. The molecule has 4 rings (SSSR count). The highest BCUT2D eigenvalue weighted by Crippen LogP contribution is 2.42. The van der Waals surface area contributed by atoms with Gasteiger partial charge in [0.2, 0.25) is 5.95 Å². The fourth-order valence-corrected chi connectivity index (χ4v) is 4.67. The van der Waals surface area contributed by atoms with Crippen molar-refractivity contribution in [2.75, 3.05) is 32.6 Å². The Balaban J connectivity index is 1.69. The molecule has 0 amide bonds. The first-order valence-corrected chi connectivity index (χ1v) is 11.2. The summed E-state index contributed by atoms with van der Waals surface area (Å²) in [5.74, 6) is 1.30. The van der Waals surface area contributed by atoms with Crippen LogP contribution in [0.5, 0.6) is 0 Å². The van der Waals surface area contributed by atoms with Crippen LogP contribution in [0.1, 0.15) is 48.7 Å². The second kappa shape index (κ2) is 8.93. The summed E-state index contributed by atoms with van der Waals surface area (Å²) in [6.45, 7) is 7.05. The molecule has 2 aromatic heterocycles. The maximum absolute atomic E-state index is 10.0. The zero-order valence-corrected chi connectivity index (χ0v) is 19.9. The third-order valence-electron chi connectivity index (χ3n) is 6.39. The van der Waals surface area contributed by atoms with E-state index in [4.69, 9.17) is 4.98 Å². The maximum atomic E-state index is 10.0. The van der Waals surface area contributed by atoms with E-state index >= 15 is 0 Å². The van der Waals surface area contributed by atoms with Gasteiger partial charge in [0.25, 0.3) is 0 Å². The Morgan fingerprint density at radius 2 is 2.12 bits per heavy atom. The minimum absolute atomic E-state index is 0.0549. The second-order valence-electron chi connectivity index (χ2n) is 9.50. The molecular weight excluding hydrogens is 414 g/mol. The summed E-state index contributed by atoms with van der Waals surface area (Å²) in [6.07, 6.45) is 3.36. The van der Waals surface area contributed by atoms with Crippen molar-refractivity contribution in [1.29, 1.82) is 5.26 Å². The summed E-state index contributed by atoms with van der Waals surface area (Å²) in [5.41, 5.74) is 4.89. The average Bonchev–Trinajstić information content (AvgIpc) is 3.33. The number of nitrogens with zero attached hydrogens (tertiary/aromatic N) is 6. The highest BCUT2D eigenvalue weighted by Gasteiger charge is 2.35. The molecule has 33 heavy (non-hydrogen) atoms. The highest BCUT2D eigenvalue weighted by atomic mass is 16.3. The first-order valence-electron chi connectivity index (χ1n) is 11.2. The van der Waals surface area contributed by atoms with Gasteiger partial charge >= 0.3 is 0 Å². The summed E-state index contributed by atoms with van der Waals surface area (Å²) in [4.78, 5) is 11.3. The van der Waals surface area contributed by atoms with E-state index in [1.807, 2.05) is 43.9 Å². The van der Waals surface area contributed by atoms with Crippen molar-refractivity contribution in [2.24, 2.45) is 0 Å². The predicted octanol–water partition coefficient (Wildman–Crippen LogP) is 3.58. The maximum Gasteiger partial charge on any atom is 0.228 e. The van der Waals surface area contributed by atoms with Crippen molar-refractivity contribution < 1.29 is 5.11 Å². The van der Waals surface area contributed by atoms with Crippen LogP contribution in [-0.4, -0.2) is 57.0 Å². The topological polar surface area (TPSA) is 103 Å². The number of aromatic nitrogens is 4. The van der Waals surface area contributed by atoms with Crippen molar-refractivity contribution >= 4 is 11.8 Å². The van der Waals surface area contributed by atoms with Crippen LogP contribution in [0.15, 0.2) is 30.5 Å². The van der Waals surface area contributed by atoms with Crippen LogP contribution in [0.2, 0.25) is 0 Å². The third-order valence-corrected chi connectivity index (χ3v) is 6.39. The van der Waals surface area contributed by atoms with Crippen LogP contribution in [-0.2, 0) is 11.8 Å². The Hall–Kier alpha value is -3.28. The number of likely N-dealkylation sites (N-methyl/N-ethyl adjacent to an activating group) is 1. The summed E-state index contributed by atoms with van der Waals surface area (Å²) < 4.78 is 1.96. The quantitative estimate of drug-likeness (QED) is 0.573. The molecule has 3 aromatic rings. The lowest BCUT2D eigenvalue weighted by molar-refractivity contribution is 0.206. The van der Waals surface area contributed by atoms with Crippen LogP contribution >= 0.6 is 0 Å². The fourth-order valence-electron chi connectivity index (χ4n) is 4.67. The average molecular weight is 446 g/mol. The van der Waals surface area contributed by atoms with Gasteiger partial charge in [-0.15, -0.1) is 0 Å². The van der Waals surface area contributed by atoms with E-state index in [2.05, 4.69) is 46.3 Å². The molecule has 2 atom stereocenters. The lowest BCUT2D eigenvalue weighted by Gasteiger charge is -2.23.